The van der Waals surface area contributed by atoms with E-state index in [4.69, 9.17) is 17.3 Å². The molecule has 0 atom stereocenters. The van der Waals surface area contributed by atoms with Gasteiger partial charge in [0.1, 0.15) is 11.5 Å². The fourth-order valence-electron chi connectivity index (χ4n) is 4.18. The molecule has 6 nitrogen and oxygen atoms in total. The SMILES string of the molecule is Cn1nc(-c2ccc3c(c2)CCN3C(=O)Cc2cccc(Cl)c2F)c2c(N)cncc21. The van der Waals surface area contributed by atoms with Gasteiger partial charge in [-0.05, 0) is 35.7 Å². The standard InChI is InChI=1S/C23H19ClFN5O/c1-29-19-12-27-11-17(26)21(19)23(28-29)15-5-6-18-13(9-15)7-8-30(18)20(31)10-14-3-2-4-16(24)22(14)25/h2-6,9,11-12H,7-8,10,26H2,1H3. The highest BCUT2D eigenvalue weighted by Crippen LogP contribution is 2.36. The van der Waals surface area contributed by atoms with E-state index in [1.807, 2.05) is 25.2 Å². The molecule has 0 bridgehead atoms. The van der Waals surface area contributed by atoms with Gasteiger partial charge >= 0.3 is 0 Å². The van der Waals surface area contributed by atoms with Crippen LogP contribution in [-0.2, 0) is 24.7 Å². The summed E-state index contributed by atoms with van der Waals surface area (Å²) >= 11 is 5.85. The fourth-order valence-corrected chi connectivity index (χ4v) is 4.37. The Kier molecular flexibility index (Phi) is 4.63. The Morgan fingerprint density at radius 1 is 1.26 bits per heavy atom. The molecule has 0 saturated carbocycles. The van der Waals surface area contributed by atoms with E-state index in [1.54, 1.807) is 34.1 Å². The molecule has 0 saturated heterocycles. The van der Waals surface area contributed by atoms with Gasteiger partial charge in [0.2, 0.25) is 5.91 Å². The zero-order valence-electron chi connectivity index (χ0n) is 16.8. The van der Waals surface area contributed by atoms with Crippen LogP contribution in [0.3, 0.4) is 0 Å². The zero-order valence-corrected chi connectivity index (χ0v) is 17.5. The number of nitrogens with two attached hydrogens (primary N) is 1. The number of anilines is 2. The van der Waals surface area contributed by atoms with Crippen molar-refractivity contribution in [1.82, 2.24) is 14.8 Å². The van der Waals surface area contributed by atoms with Crippen molar-refractivity contribution in [3.8, 4) is 11.3 Å². The van der Waals surface area contributed by atoms with Gasteiger partial charge in [-0.2, -0.15) is 5.10 Å². The quantitative estimate of drug-likeness (QED) is 0.524. The van der Waals surface area contributed by atoms with Crippen molar-refractivity contribution >= 4 is 39.8 Å². The monoisotopic (exact) mass is 435 g/mol. The molecule has 2 aromatic heterocycles. The topological polar surface area (TPSA) is 77.0 Å². The van der Waals surface area contributed by atoms with Crippen molar-refractivity contribution in [1.29, 1.82) is 0 Å². The minimum atomic E-state index is -0.540. The fraction of sp³-hybridized carbons (Fsp3) is 0.174. The van der Waals surface area contributed by atoms with E-state index < -0.39 is 5.82 Å². The van der Waals surface area contributed by atoms with E-state index in [0.29, 0.717) is 17.8 Å². The van der Waals surface area contributed by atoms with Gasteiger partial charge in [0.25, 0.3) is 0 Å². The van der Waals surface area contributed by atoms with Gasteiger partial charge in [-0.3, -0.25) is 14.5 Å². The van der Waals surface area contributed by atoms with Crippen LogP contribution in [0.2, 0.25) is 5.02 Å². The van der Waals surface area contributed by atoms with Gasteiger partial charge in [0.15, 0.2) is 0 Å². The number of benzene rings is 2. The molecule has 0 spiro atoms. The van der Waals surface area contributed by atoms with Gasteiger partial charge in [0.05, 0.1) is 40.4 Å². The van der Waals surface area contributed by atoms with E-state index in [2.05, 4.69) is 10.1 Å². The first-order valence-corrected chi connectivity index (χ1v) is 10.2. The highest BCUT2D eigenvalue weighted by Gasteiger charge is 2.26. The highest BCUT2D eigenvalue weighted by atomic mass is 35.5. The predicted octanol–water partition coefficient (Wildman–Crippen LogP) is 4.14. The molecule has 0 radical (unpaired) electrons. The third kappa shape index (κ3) is 3.21. The minimum Gasteiger partial charge on any atom is -0.397 e. The summed E-state index contributed by atoms with van der Waals surface area (Å²) in [6, 6.07) is 10.6. The van der Waals surface area contributed by atoms with Gasteiger partial charge in [0, 0.05) is 24.8 Å². The Labute approximate surface area is 183 Å². The summed E-state index contributed by atoms with van der Waals surface area (Å²) in [5, 5.41) is 5.52. The number of rotatable bonds is 3. The van der Waals surface area contributed by atoms with E-state index in [1.165, 1.54) is 6.07 Å². The van der Waals surface area contributed by atoms with Gasteiger partial charge < -0.3 is 10.6 Å². The third-order valence-electron chi connectivity index (χ3n) is 5.71. The van der Waals surface area contributed by atoms with Crippen molar-refractivity contribution in [2.45, 2.75) is 12.8 Å². The van der Waals surface area contributed by atoms with Crippen LogP contribution < -0.4 is 10.6 Å². The number of carbonyl (C=O) groups is 1. The zero-order chi connectivity index (χ0) is 21.7. The number of fused-ring (bicyclic) bond motifs is 2. The Bertz CT molecular complexity index is 1350. The Hall–Kier alpha value is -3.45. The van der Waals surface area contributed by atoms with Crippen molar-refractivity contribution in [3.05, 3.63) is 70.8 Å². The van der Waals surface area contributed by atoms with Crippen LogP contribution in [0, 0.1) is 5.82 Å². The van der Waals surface area contributed by atoms with Crippen LogP contribution >= 0.6 is 11.6 Å². The summed E-state index contributed by atoms with van der Waals surface area (Å²) in [6.07, 6.45) is 4.04. The average molecular weight is 436 g/mol. The van der Waals surface area contributed by atoms with E-state index in [0.717, 1.165) is 39.8 Å². The molecule has 1 aliphatic rings. The number of nitrogens with zero attached hydrogens (tertiary/aromatic N) is 4. The summed E-state index contributed by atoms with van der Waals surface area (Å²) in [5.74, 6) is -0.701. The number of hydrogen-bond donors (Lipinski definition) is 1. The van der Waals surface area contributed by atoms with Crippen molar-refractivity contribution in [2.24, 2.45) is 7.05 Å². The summed E-state index contributed by atoms with van der Waals surface area (Å²) in [5.41, 5.74) is 11.5. The molecule has 5 rings (SSSR count). The molecular formula is C23H19ClFN5O. The predicted molar refractivity (Wildman–Crippen MR) is 120 cm³/mol. The van der Waals surface area contributed by atoms with E-state index >= 15 is 0 Å². The van der Waals surface area contributed by atoms with Gasteiger partial charge in [-0.25, -0.2) is 4.39 Å². The summed E-state index contributed by atoms with van der Waals surface area (Å²) in [4.78, 5) is 18.7. The smallest absolute Gasteiger partial charge is 0.231 e. The van der Waals surface area contributed by atoms with Crippen LogP contribution in [0.4, 0.5) is 15.8 Å². The Morgan fingerprint density at radius 2 is 2.10 bits per heavy atom. The molecule has 1 aliphatic heterocycles. The number of nitrogen functional groups attached to an aromatic ring is 1. The lowest BCUT2D eigenvalue weighted by Gasteiger charge is -2.18. The molecule has 0 unspecified atom stereocenters. The number of pyridine rings is 1. The van der Waals surface area contributed by atoms with Gasteiger partial charge in [-0.1, -0.05) is 29.8 Å². The number of aryl methyl sites for hydroxylation is 1. The van der Waals surface area contributed by atoms with E-state index in [9.17, 15) is 9.18 Å². The number of aromatic nitrogens is 3. The first-order chi connectivity index (χ1) is 14.9. The molecule has 2 N–H and O–H groups in total. The normalized spacial score (nSPS) is 13.1. The molecule has 0 aliphatic carbocycles. The lowest BCUT2D eigenvalue weighted by molar-refractivity contribution is -0.117. The summed E-state index contributed by atoms with van der Waals surface area (Å²) < 4.78 is 16.0. The molecule has 0 fully saturated rings. The van der Waals surface area contributed by atoms with Crippen LogP contribution in [0.25, 0.3) is 22.2 Å². The van der Waals surface area contributed by atoms with Crippen LogP contribution in [0.1, 0.15) is 11.1 Å². The lowest BCUT2D eigenvalue weighted by atomic mass is 10.0. The molecule has 3 heterocycles. The molecule has 4 aromatic rings. The highest BCUT2D eigenvalue weighted by molar-refractivity contribution is 6.30. The van der Waals surface area contributed by atoms with Gasteiger partial charge in [-0.15, -0.1) is 0 Å². The number of hydrogen-bond acceptors (Lipinski definition) is 4. The van der Waals surface area contributed by atoms with E-state index in [-0.39, 0.29) is 17.4 Å². The molecule has 8 heteroatoms. The maximum Gasteiger partial charge on any atom is 0.231 e. The second-order valence-corrected chi connectivity index (χ2v) is 8.03. The first-order valence-electron chi connectivity index (χ1n) is 9.87. The average Bonchev–Trinajstić information content (AvgIpc) is 3.33. The van der Waals surface area contributed by atoms with Crippen molar-refractivity contribution < 1.29 is 9.18 Å². The molecule has 31 heavy (non-hydrogen) atoms. The Morgan fingerprint density at radius 3 is 2.94 bits per heavy atom. The van der Waals surface area contributed by atoms with Crippen LogP contribution in [0.15, 0.2) is 48.8 Å². The lowest BCUT2D eigenvalue weighted by Crippen LogP contribution is -2.30. The number of carbonyl (C=O) groups excluding carboxylic acids is 1. The summed E-state index contributed by atoms with van der Waals surface area (Å²) in [7, 11) is 1.86. The Balaban J connectivity index is 1.47. The molecule has 2 aromatic carbocycles. The maximum atomic E-state index is 14.2. The second kappa shape index (κ2) is 7.35. The first kappa shape index (κ1) is 19.5. The third-order valence-corrected chi connectivity index (χ3v) is 6.01. The van der Waals surface area contributed by atoms with Crippen LogP contribution in [-0.4, -0.2) is 27.2 Å². The second-order valence-electron chi connectivity index (χ2n) is 7.62. The van der Waals surface area contributed by atoms with Crippen molar-refractivity contribution in [3.63, 3.8) is 0 Å². The number of halogens is 2. The molecule has 156 valence electrons. The minimum absolute atomic E-state index is 0.0221. The maximum absolute atomic E-state index is 14.2. The molecular weight excluding hydrogens is 417 g/mol. The largest absolute Gasteiger partial charge is 0.397 e. The number of amides is 1. The summed E-state index contributed by atoms with van der Waals surface area (Å²) in [6.45, 7) is 0.550. The molecule has 1 amide bonds. The van der Waals surface area contributed by atoms with Crippen molar-refractivity contribution in [2.75, 3.05) is 17.2 Å². The van der Waals surface area contributed by atoms with Crippen LogP contribution in [0.5, 0.6) is 0 Å².